The molecule has 1 atom stereocenters. The van der Waals surface area contributed by atoms with Crippen molar-refractivity contribution in [2.75, 3.05) is 49.6 Å². The maximum absolute atomic E-state index is 13.1. The van der Waals surface area contributed by atoms with Gasteiger partial charge in [0.15, 0.2) is 0 Å². The standard InChI is InChI=1S/C20H27Cl2N3O4S/c1-19(14-20(19,21)22)18(26)23-16-13-15(30(27,28)25-9-11-29-12-10-25)5-6-17(16)24-7-3-2-4-8-24/h5-6,13H,2-4,7-12,14H2,1H3,(H,23,26). The highest BCUT2D eigenvalue weighted by atomic mass is 35.5. The number of rotatable bonds is 5. The molecular formula is C20H27Cl2N3O4S. The molecule has 0 radical (unpaired) electrons. The molecule has 0 spiro atoms. The summed E-state index contributed by atoms with van der Waals surface area (Å²) in [5, 5.41) is 2.92. The van der Waals surface area contributed by atoms with Crippen LogP contribution in [0.1, 0.15) is 32.6 Å². The van der Waals surface area contributed by atoms with E-state index in [-0.39, 0.29) is 10.8 Å². The SMILES string of the molecule is CC1(C(=O)Nc2cc(S(=O)(=O)N3CCOCC3)ccc2N2CCCCC2)CC1(Cl)Cl. The van der Waals surface area contributed by atoms with Crippen LogP contribution in [0.5, 0.6) is 0 Å². The minimum absolute atomic E-state index is 0.157. The fourth-order valence-electron chi connectivity index (χ4n) is 4.03. The van der Waals surface area contributed by atoms with E-state index in [9.17, 15) is 13.2 Å². The number of nitrogens with zero attached hydrogens (tertiary/aromatic N) is 2. The molecule has 0 aromatic heterocycles. The monoisotopic (exact) mass is 475 g/mol. The Morgan fingerprint density at radius 2 is 1.73 bits per heavy atom. The third-order valence-corrected chi connectivity index (χ3v) is 9.28. The van der Waals surface area contributed by atoms with Gasteiger partial charge in [0.25, 0.3) is 0 Å². The Morgan fingerprint density at radius 1 is 1.10 bits per heavy atom. The Balaban J connectivity index is 1.67. The Hall–Kier alpha value is -1.06. The second-order valence-corrected chi connectivity index (χ2v) is 11.8. The van der Waals surface area contributed by atoms with Gasteiger partial charge in [-0.1, -0.05) is 0 Å². The zero-order valence-corrected chi connectivity index (χ0v) is 19.3. The lowest BCUT2D eigenvalue weighted by Gasteiger charge is -2.31. The lowest BCUT2D eigenvalue weighted by Crippen LogP contribution is -2.40. The van der Waals surface area contributed by atoms with Crippen LogP contribution in [-0.2, 0) is 19.6 Å². The van der Waals surface area contributed by atoms with Crippen molar-refractivity contribution in [2.24, 2.45) is 5.41 Å². The van der Waals surface area contributed by atoms with E-state index in [0.29, 0.717) is 38.4 Å². The van der Waals surface area contributed by atoms with Crippen molar-refractivity contribution in [1.29, 1.82) is 0 Å². The number of sulfonamides is 1. The topological polar surface area (TPSA) is 79.0 Å². The van der Waals surface area contributed by atoms with E-state index in [1.807, 2.05) is 0 Å². The van der Waals surface area contributed by atoms with Crippen LogP contribution in [0.25, 0.3) is 0 Å². The van der Waals surface area contributed by atoms with Gasteiger partial charge in [-0.25, -0.2) is 8.42 Å². The summed E-state index contributed by atoms with van der Waals surface area (Å²) in [6, 6.07) is 4.97. The third kappa shape index (κ3) is 4.05. The van der Waals surface area contributed by atoms with Crippen LogP contribution in [0.4, 0.5) is 11.4 Å². The normalized spacial score (nSPS) is 27.0. The third-order valence-electron chi connectivity index (χ3n) is 6.28. The summed E-state index contributed by atoms with van der Waals surface area (Å²) in [6.45, 7) is 4.83. The smallest absolute Gasteiger partial charge is 0.243 e. The van der Waals surface area contributed by atoms with E-state index in [1.165, 1.54) is 10.7 Å². The molecule has 4 rings (SSSR count). The minimum atomic E-state index is -3.68. The summed E-state index contributed by atoms with van der Waals surface area (Å²) in [5.74, 6) is -0.299. The van der Waals surface area contributed by atoms with E-state index in [0.717, 1.165) is 31.6 Å². The van der Waals surface area contributed by atoms with Crippen molar-refractivity contribution >= 4 is 50.5 Å². The van der Waals surface area contributed by atoms with Gasteiger partial charge >= 0.3 is 0 Å². The van der Waals surface area contributed by atoms with Crippen molar-refractivity contribution < 1.29 is 17.9 Å². The second kappa shape index (κ2) is 8.13. The number of nitrogens with one attached hydrogen (secondary N) is 1. The van der Waals surface area contributed by atoms with Gasteiger partial charge < -0.3 is 15.0 Å². The van der Waals surface area contributed by atoms with E-state index in [1.54, 1.807) is 25.1 Å². The number of morpholine rings is 1. The molecule has 1 aromatic rings. The molecule has 7 nitrogen and oxygen atoms in total. The van der Waals surface area contributed by atoms with Crippen LogP contribution in [0.3, 0.4) is 0 Å². The maximum Gasteiger partial charge on any atom is 0.243 e. The second-order valence-electron chi connectivity index (χ2n) is 8.41. The largest absolute Gasteiger partial charge is 0.379 e. The molecule has 1 amide bonds. The molecule has 166 valence electrons. The van der Waals surface area contributed by atoms with E-state index in [4.69, 9.17) is 27.9 Å². The number of halogens is 2. The molecule has 10 heteroatoms. The van der Waals surface area contributed by atoms with Crippen LogP contribution in [0.2, 0.25) is 0 Å². The van der Waals surface area contributed by atoms with Gasteiger partial charge in [0, 0.05) is 26.2 Å². The summed E-state index contributed by atoms with van der Waals surface area (Å²) in [7, 11) is -3.68. The van der Waals surface area contributed by atoms with Gasteiger partial charge in [0.05, 0.1) is 34.9 Å². The van der Waals surface area contributed by atoms with Crippen LogP contribution in [-0.4, -0.2) is 62.4 Å². The number of hydrogen-bond acceptors (Lipinski definition) is 5. The van der Waals surface area contributed by atoms with Crippen LogP contribution < -0.4 is 10.2 Å². The fourth-order valence-corrected chi connectivity index (χ4v) is 6.17. The molecule has 2 saturated heterocycles. The molecule has 1 unspecified atom stereocenters. The van der Waals surface area contributed by atoms with Gasteiger partial charge in [-0.15, -0.1) is 23.2 Å². The number of amides is 1. The average Bonchev–Trinajstić information content (AvgIpc) is 3.28. The summed E-state index contributed by atoms with van der Waals surface area (Å²) < 4.78 is 31.9. The number of hydrogen-bond donors (Lipinski definition) is 1. The zero-order chi connectivity index (χ0) is 21.6. The molecule has 2 heterocycles. The number of carbonyl (C=O) groups excluding carboxylic acids is 1. The van der Waals surface area contributed by atoms with Gasteiger partial charge in [-0.05, 0) is 50.8 Å². The molecular weight excluding hydrogens is 449 g/mol. The first kappa shape index (κ1) is 22.1. The Kier molecular flexibility index (Phi) is 6.00. The van der Waals surface area contributed by atoms with Gasteiger partial charge in [-0.2, -0.15) is 4.31 Å². The molecule has 3 aliphatic rings. The fraction of sp³-hybridized carbons (Fsp3) is 0.650. The molecule has 1 aliphatic carbocycles. The van der Waals surface area contributed by atoms with Crippen molar-refractivity contribution in [3.8, 4) is 0 Å². The quantitative estimate of drug-likeness (QED) is 0.661. The van der Waals surface area contributed by atoms with E-state index in [2.05, 4.69) is 10.2 Å². The zero-order valence-electron chi connectivity index (χ0n) is 17.0. The maximum atomic E-state index is 13.1. The Labute approximate surface area is 187 Å². The van der Waals surface area contributed by atoms with Crippen LogP contribution in [0.15, 0.2) is 23.1 Å². The minimum Gasteiger partial charge on any atom is -0.379 e. The summed E-state index contributed by atoms with van der Waals surface area (Å²) >= 11 is 12.4. The lowest BCUT2D eigenvalue weighted by molar-refractivity contribution is -0.120. The first-order chi connectivity index (χ1) is 14.1. The lowest BCUT2D eigenvalue weighted by atomic mass is 10.1. The number of anilines is 2. The molecule has 30 heavy (non-hydrogen) atoms. The highest BCUT2D eigenvalue weighted by molar-refractivity contribution is 7.89. The van der Waals surface area contributed by atoms with Crippen LogP contribution in [0, 0.1) is 5.41 Å². The highest BCUT2D eigenvalue weighted by Gasteiger charge is 2.68. The molecule has 1 saturated carbocycles. The van der Waals surface area contributed by atoms with Gasteiger partial charge in [-0.3, -0.25) is 4.79 Å². The van der Waals surface area contributed by atoms with Crippen molar-refractivity contribution in [3.63, 3.8) is 0 Å². The number of benzene rings is 1. The Bertz CT molecular complexity index is 928. The molecule has 3 fully saturated rings. The first-order valence-corrected chi connectivity index (χ1v) is 12.5. The predicted molar refractivity (Wildman–Crippen MR) is 118 cm³/mol. The molecule has 2 aliphatic heterocycles. The summed E-state index contributed by atoms with van der Waals surface area (Å²) in [4.78, 5) is 15.3. The van der Waals surface area contributed by atoms with Gasteiger partial charge in [0.2, 0.25) is 15.9 Å². The van der Waals surface area contributed by atoms with Gasteiger partial charge in [0.1, 0.15) is 4.33 Å². The highest BCUT2D eigenvalue weighted by Crippen LogP contribution is 2.64. The number of ether oxygens (including phenoxy) is 1. The number of piperidine rings is 1. The van der Waals surface area contributed by atoms with E-state index >= 15 is 0 Å². The van der Waals surface area contributed by atoms with Crippen molar-refractivity contribution in [3.05, 3.63) is 18.2 Å². The van der Waals surface area contributed by atoms with Crippen molar-refractivity contribution in [2.45, 2.75) is 41.8 Å². The summed E-state index contributed by atoms with van der Waals surface area (Å²) in [6.07, 6.45) is 3.65. The van der Waals surface area contributed by atoms with Crippen molar-refractivity contribution in [1.82, 2.24) is 4.31 Å². The molecule has 0 bridgehead atoms. The van der Waals surface area contributed by atoms with E-state index < -0.39 is 19.8 Å². The molecule has 1 N–H and O–H groups in total. The molecule has 1 aromatic carbocycles. The average molecular weight is 476 g/mol. The number of alkyl halides is 2. The summed E-state index contributed by atoms with van der Waals surface area (Å²) in [5.41, 5.74) is 0.408. The number of carbonyl (C=O) groups is 1. The van der Waals surface area contributed by atoms with Crippen LogP contribution >= 0.6 is 23.2 Å². The first-order valence-electron chi connectivity index (χ1n) is 10.3. The predicted octanol–water partition coefficient (Wildman–Crippen LogP) is 3.22. The Morgan fingerprint density at radius 3 is 2.33 bits per heavy atom.